The Morgan fingerprint density at radius 1 is 1.24 bits per heavy atom. The molecule has 1 saturated carbocycles. The predicted molar refractivity (Wildman–Crippen MR) is 74.5 cm³/mol. The molecule has 1 aromatic rings. The maximum Gasteiger partial charge on any atom is 0.433 e. The second kappa shape index (κ2) is 6.46. The first-order valence-corrected chi connectivity index (χ1v) is 7.11. The second-order valence-corrected chi connectivity index (χ2v) is 5.37. The standard InChI is InChI=1S/C13H20F3N5/c1-2-8-3-5-9(6-4-8)18-11-7-10(13(14,15)16)19-12(20-11)21-17/h7-9H,2-6,17H2,1H3,(H2,18,19,20,21). The highest BCUT2D eigenvalue weighted by atomic mass is 19.4. The van der Waals surface area contributed by atoms with Gasteiger partial charge in [0.25, 0.3) is 0 Å². The Hall–Kier alpha value is -1.57. The van der Waals surface area contributed by atoms with Crippen molar-refractivity contribution in [2.45, 2.75) is 51.2 Å². The van der Waals surface area contributed by atoms with Crippen LogP contribution >= 0.6 is 0 Å². The molecular weight excluding hydrogens is 283 g/mol. The van der Waals surface area contributed by atoms with Crippen molar-refractivity contribution in [3.8, 4) is 0 Å². The van der Waals surface area contributed by atoms with E-state index in [4.69, 9.17) is 5.84 Å². The molecule has 118 valence electrons. The molecule has 4 N–H and O–H groups in total. The Labute approximate surface area is 121 Å². The number of nitrogens with two attached hydrogens (primary N) is 1. The lowest BCUT2D eigenvalue weighted by molar-refractivity contribution is -0.141. The van der Waals surface area contributed by atoms with Gasteiger partial charge in [0.15, 0.2) is 5.69 Å². The summed E-state index contributed by atoms with van der Waals surface area (Å²) in [6, 6.07) is 1.07. The van der Waals surface area contributed by atoms with E-state index in [-0.39, 0.29) is 17.8 Å². The smallest absolute Gasteiger partial charge is 0.367 e. The summed E-state index contributed by atoms with van der Waals surface area (Å²) >= 11 is 0. The normalized spacial score (nSPS) is 22.9. The molecule has 0 aliphatic heterocycles. The topological polar surface area (TPSA) is 75.9 Å². The van der Waals surface area contributed by atoms with Crippen LogP contribution in [0.15, 0.2) is 6.07 Å². The van der Waals surface area contributed by atoms with Crippen LogP contribution in [0.3, 0.4) is 0 Å². The Morgan fingerprint density at radius 2 is 1.90 bits per heavy atom. The first kappa shape index (κ1) is 15.8. The third-order valence-electron chi connectivity index (χ3n) is 3.92. The molecular formula is C13H20F3N5. The average molecular weight is 303 g/mol. The van der Waals surface area contributed by atoms with Crippen molar-refractivity contribution in [2.75, 3.05) is 10.7 Å². The van der Waals surface area contributed by atoms with Crippen LogP contribution in [0.1, 0.15) is 44.7 Å². The zero-order valence-corrected chi connectivity index (χ0v) is 11.9. The average Bonchev–Trinajstić information content (AvgIpc) is 2.46. The van der Waals surface area contributed by atoms with Crippen LogP contribution < -0.4 is 16.6 Å². The highest BCUT2D eigenvalue weighted by Crippen LogP contribution is 2.31. The summed E-state index contributed by atoms with van der Waals surface area (Å²) < 4.78 is 38.3. The molecule has 8 heteroatoms. The number of rotatable bonds is 4. The molecule has 1 aliphatic carbocycles. The van der Waals surface area contributed by atoms with E-state index in [0.717, 1.165) is 44.1 Å². The molecule has 0 saturated heterocycles. The van der Waals surface area contributed by atoms with Crippen LogP contribution in [0.5, 0.6) is 0 Å². The van der Waals surface area contributed by atoms with Crippen molar-refractivity contribution in [2.24, 2.45) is 11.8 Å². The van der Waals surface area contributed by atoms with Gasteiger partial charge in [-0.05, 0) is 31.6 Å². The first-order valence-electron chi connectivity index (χ1n) is 7.11. The summed E-state index contributed by atoms with van der Waals surface area (Å²) in [5.41, 5.74) is 1.07. The number of nitrogen functional groups attached to an aromatic ring is 1. The van der Waals surface area contributed by atoms with Crippen LogP contribution in [0.4, 0.5) is 24.9 Å². The SMILES string of the molecule is CCC1CCC(Nc2cc(C(F)(F)F)nc(NN)n2)CC1. The highest BCUT2D eigenvalue weighted by Gasteiger charge is 2.34. The van der Waals surface area contributed by atoms with Gasteiger partial charge in [-0.2, -0.15) is 18.2 Å². The molecule has 2 rings (SSSR count). The maximum atomic E-state index is 12.8. The Bertz CT molecular complexity index is 469. The van der Waals surface area contributed by atoms with Crippen molar-refractivity contribution < 1.29 is 13.2 Å². The Morgan fingerprint density at radius 3 is 2.43 bits per heavy atom. The minimum absolute atomic E-state index is 0.148. The summed E-state index contributed by atoms with van der Waals surface area (Å²) in [7, 11) is 0. The van der Waals surface area contributed by atoms with Gasteiger partial charge in [0.1, 0.15) is 5.82 Å². The second-order valence-electron chi connectivity index (χ2n) is 5.37. The van der Waals surface area contributed by atoms with E-state index in [1.54, 1.807) is 0 Å². The van der Waals surface area contributed by atoms with E-state index in [2.05, 4.69) is 27.6 Å². The van der Waals surface area contributed by atoms with Crippen LogP contribution in [0.25, 0.3) is 0 Å². The van der Waals surface area contributed by atoms with E-state index in [9.17, 15) is 13.2 Å². The van der Waals surface area contributed by atoms with Crippen molar-refractivity contribution in [1.29, 1.82) is 0 Å². The van der Waals surface area contributed by atoms with Gasteiger partial charge in [0, 0.05) is 12.1 Å². The molecule has 0 atom stereocenters. The number of hydrogen-bond donors (Lipinski definition) is 3. The molecule has 1 fully saturated rings. The lowest BCUT2D eigenvalue weighted by atomic mass is 9.84. The van der Waals surface area contributed by atoms with Gasteiger partial charge in [-0.15, -0.1) is 0 Å². The van der Waals surface area contributed by atoms with Gasteiger partial charge in [0.05, 0.1) is 0 Å². The number of nitrogens with one attached hydrogen (secondary N) is 2. The molecule has 0 aromatic carbocycles. The first-order chi connectivity index (χ1) is 9.92. The number of anilines is 2. The van der Waals surface area contributed by atoms with Crippen molar-refractivity contribution in [3.05, 3.63) is 11.8 Å². The molecule has 21 heavy (non-hydrogen) atoms. The highest BCUT2D eigenvalue weighted by molar-refractivity contribution is 5.43. The Kier molecular flexibility index (Phi) is 4.87. The van der Waals surface area contributed by atoms with E-state index < -0.39 is 11.9 Å². The van der Waals surface area contributed by atoms with Crippen molar-refractivity contribution >= 4 is 11.8 Å². The van der Waals surface area contributed by atoms with E-state index in [1.807, 2.05) is 0 Å². The summed E-state index contributed by atoms with van der Waals surface area (Å²) in [4.78, 5) is 7.27. The summed E-state index contributed by atoms with van der Waals surface area (Å²) in [6.07, 6.45) is 0.690. The van der Waals surface area contributed by atoms with E-state index >= 15 is 0 Å². The lowest BCUT2D eigenvalue weighted by Gasteiger charge is -2.28. The molecule has 0 radical (unpaired) electrons. The molecule has 1 aromatic heterocycles. The van der Waals surface area contributed by atoms with Crippen LogP contribution in [0, 0.1) is 5.92 Å². The van der Waals surface area contributed by atoms with Gasteiger partial charge in [-0.25, -0.2) is 10.8 Å². The van der Waals surface area contributed by atoms with Gasteiger partial charge < -0.3 is 5.32 Å². The number of hydrogen-bond acceptors (Lipinski definition) is 5. The van der Waals surface area contributed by atoms with Crippen molar-refractivity contribution in [3.63, 3.8) is 0 Å². The molecule has 0 unspecified atom stereocenters. The third-order valence-corrected chi connectivity index (χ3v) is 3.92. The maximum absolute atomic E-state index is 12.8. The zero-order chi connectivity index (χ0) is 15.5. The fourth-order valence-electron chi connectivity index (χ4n) is 2.66. The number of halogens is 3. The minimum Gasteiger partial charge on any atom is -0.367 e. The Balaban J connectivity index is 2.09. The van der Waals surface area contributed by atoms with Gasteiger partial charge >= 0.3 is 6.18 Å². The number of aromatic nitrogens is 2. The van der Waals surface area contributed by atoms with Crippen molar-refractivity contribution in [1.82, 2.24) is 9.97 Å². The zero-order valence-electron chi connectivity index (χ0n) is 11.9. The minimum atomic E-state index is -4.52. The molecule has 0 spiro atoms. The number of nitrogens with zero attached hydrogens (tertiary/aromatic N) is 2. The third kappa shape index (κ3) is 4.20. The van der Waals surface area contributed by atoms with Gasteiger partial charge in [0.2, 0.25) is 5.95 Å². The summed E-state index contributed by atoms with van der Waals surface area (Å²) in [5.74, 6) is 5.77. The van der Waals surface area contributed by atoms with E-state index in [1.165, 1.54) is 0 Å². The van der Waals surface area contributed by atoms with E-state index in [0.29, 0.717) is 0 Å². The number of alkyl halides is 3. The predicted octanol–water partition coefficient (Wildman–Crippen LogP) is 3.16. The molecule has 5 nitrogen and oxygen atoms in total. The monoisotopic (exact) mass is 303 g/mol. The van der Waals surface area contributed by atoms with Crippen LogP contribution in [0.2, 0.25) is 0 Å². The fourth-order valence-corrected chi connectivity index (χ4v) is 2.66. The summed E-state index contributed by atoms with van der Waals surface area (Å²) in [5, 5.41) is 3.07. The molecule has 0 amide bonds. The van der Waals surface area contributed by atoms with Crippen LogP contribution in [-0.2, 0) is 6.18 Å². The number of hydrazine groups is 1. The van der Waals surface area contributed by atoms with Gasteiger partial charge in [-0.1, -0.05) is 13.3 Å². The molecule has 0 bridgehead atoms. The lowest BCUT2D eigenvalue weighted by Crippen LogP contribution is -2.27. The fraction of sp³-hybridized carbons (Fsp3) is 0.692. The summed E-state index contributed by atoms with van der Waals surface area (Å²) in [6.45, 7) is 2.16. The molecule has 1 aliphatic rings. The van der Waals surface area contributed by atoms with Crippen LogP contribution in [-0.4, -0.2) is 16.0 Å². The quantitative estimate of drug-likeness (QED) is 0.588. The largest absolute Gasteiger partial charge is 0.433 e. The van der Waals surface area contributed by atoms with Gasteiger partial charge in [-0.3, -0.25) is 5.43 Å². The molecule has 1 heterocycles.